The fraction of sp³-hybridized carbons (Fsp3) is 0.429. The molecule has 2 nitrogen and oxygen atoms in total. The number of hydrogen-bond acceptors (Lipinski definition) is 3. The van der Waals surface area contributed by atoms with Crippen LogP contribution in [0.15, 0.2) is 6.20 Å². The van der Waals surface area contributed by atoms with Crippen LogP contribution in [0.4, 0.5) is 0 Å². The summed E-state index contributed by atoms with van der Waals surface area (Å²) >= 11 is 7.45. The second-order valence-corrected chi connectivity index (χ2v) is 3.43. The quantitative estimate of drug-likeness (QED) is 0.713. The molecule has 0 atom stereocenters. The average molecular weight is 189 g/mol. The number of rotatable bonds is 2. The highest BCUT2D eigenvalue weighted by Crippen LogP contribution is 2.12. The Labute approximate surface area is 75.4 Å². The van der Waals surface area contributed by atoms with Gasteiger partial charge in [0.15, 0.2) is 0 Å². The summed E-state index contributed by atoms with van der Waals surface area (Å²) in [6.07, 6.45) is 3.67. The summed E-state index contributed by atoms with van der Waals surface area (Å²) in [5.41, 5.74) is 0.853. The molecule has 0 bridgehead atoms. The van der Waals surface area contributed by atoms with Crippen molar-refractivity contribution >= 4 is 23.4 Å². The van der Waals surface area contributed by atoms with Gasteiger partial charge < -0.3 is 0 Å². The van der Waals surface area contributed by atoms with Crippen LogP contribution in [-0.4, -0.2) is 16.2 Å². The monoisotopic (exact) mass is 188 g/mol. The zero-order valence-corrected chi connectivity index (χ0v) is 8.04. The highest BCUT2D eigenvalue weighted by atomic mass is 35.5. The first-order chi connectivity index (χ1) is 5.24. The number of halogens is 1. The molecular formula is C7H9ClN2S. The zero-order valence-electron chi connectivity index (χ0n) is 6.47. The molecule has 0 aliphatic heterocycles. The molecule has 60 valence electrons. The number of hydrogen-bond donors (Lipinski definition) is 0. The summed E-state index contributed by atoms with van der Waals surface area (Å²) in [5, 5.41) is 0.634. The summed E-state index contributed by atoms with van der Waals surface area (Å²) in [5.74, 6) is 1.69. The van der Waals surface area contributed by atoms with E-state index in [1.165, 1.54) is 0 Å². The molecule has 0 aliphatic carbocycles. The van der Waals surface area contributed by atoms with Crippen LogP contribution in [-0.2, 0) is 5.75 Å². The van der Waals surface area contributed by atoms with Crippen molar-refractivity contribution in [1.82, 2.24) is 9.97 Å². The van der Waals surface area contributed by atoms with E-state index in [1.54, 1.807) is 18.0 Å². The molecule has 0 radical (unpaired) electrons. The predicted molar refractivity (Wildman–Crippen MR) is 49.0 cm³/mol. The van der Waals surface area contributed by atoms with Crippen LogP contribution in [0.3, 0.4) is 0 Å². The van der Waals surface area contributed by atoms with E-state index in [4.69, 9.17) is 11.6 Å². The van der Waals surface area contributed by atoms with E-state index in [0.29, 0.717) is 5.02 Å². The van der Waals surface area contributed by atoms with Crippen molar-refractivity contribution in [2.75, 3.05) is 6.26 Å². The molecule has 0 spiro atoms. The molecule has 1 heterocycles. The van der Waals surface area contributed by atoms with Crippen molar-refractivity contribution in [2.24, 2.45) is 0 Å². The number of thioether (sulfide) groups is 1. The van der Waals surface area contributed by atoms with Crippen molar-refractivity contribution in [1.29, 1.82) is 0 Å². The Kier molecular flexibility index (Phi) is 3.15. The molecule has 11 heavy (non-hydrogen) atoms. The zero-order chi connectivity index (χ0) is 8.27. The Hall–Kier alpha value is -0.280. The first kappa shape index (κ1) is 8.81. The highest BCUT2D eigenvalue weighted by Gasteiger charge is 1.98. The van der Waals surface area contributed by atoms with Crippen LogP contribution >= 0.6 is 23.4 Å². The van der Waals surface area contributed by atoms with Crippen molar-refractivity contribution in [3.8, 4) is 0 Å². The van der Waals surface area contributed by atoms with Gasteiger partial charge in [-0.05, 0) is 13.2 Å². The molecule has 0 N–H and O–H groups in total. The van der Waals surface area contributed by atoms with Gasteiger partial charge in [0.05, 0.1) is 16.5 Å². The summed E-state index contributed by atoms with van der Waals surface area (Å²) in [4.78, 5) is 8.26. The van der Waals surface area contributed by atoms with Gasteiger partial charge in [0.2, 0.25) is 0 Å². The summed E-state index contributed by atoms with van der Waals surface area (Å²) in [6, 6.07) is 0. The second kappa shape index (κ2) is 3.93. The minimum atomic E-state index is 0.634. The number of aromatic nitrogens is 2. The minimum Gasteiger partial charge on any atom is -0.239 e. The molecule has 0 saturated carbocycles. The summed E-state index contributed by atoms with van der Waals surface area (Å²) in [6.45, 7) is 1.88. The van der Waals surface area contributed by atoms with E-state index in [9.17, 15) is 0 Å². The molecule has 0 amide bonds. The minimum absolute atomic E-state index is 0.634. The third-order valence-electron chi connectivity index (χ3n) is 1.24. The lowest BCUT2D eigenvalue weighted by molar-refractivity contribution is 0.997. The number of nitrogens with zero attached hydrogens (tertiary/aromatic N) is 2. The van der Waals surface area contributed by atoms with Gasteiger partial charge in [0, 0.05) is 6.20 Å². The smallest absolute Gasteiger partial charge is 0.138 e. The van der Waals surface area contributed by atoms with Crippen molar-refractivity contribution in [3.63, 3.8) is 0 Å². The molecule has 1 aromatic rings. The van der Waals surface area contributed by atoms with Gasteiger partial charge in [-0.15, -0.1) is 0 Å². The molecule has 0 aliphatic rings. The van der Waals surface area contributed by atoms with E-state index < -0.39 is 0 Å². The SMILES string of the molecule is CSCc1ncc(Cl)c(C)n1. The Bertz CT molecular complexity index is 252. The van der Waals surface area contributed by atoms with E-state index >= 15 is 0 Å². The molecule has 4 heteroatoms. The van der Waals surface area contributed by atoms with Crippen molar-refractivity contribution < 1.29 is 0 Å². The average Bonchev–Trinajstić information content (AvgIpc) is 1.98. The van der Waals surface area contributed by atoms with Gasteiger partial charge in [-0.1, -0.05) is 11.6 Å². The topological polar surface area (TPSA) is 25.8 Å². The van der Waals surface area contributed by atoms with Gasteiger partial charge in [-0.25, -0.2) is 9.97 Å². The van der Waals surface area contributed by atoms with Gasteiger partial charge >= 0.3 is 0 Å². The lowest BCUT2D eigenvalue weighted by Crippen LogP contribution is -1.94. The van der Waals surface area contributed by atoms with Gasteiger partial charge in [0.25, 0.3) is 0 Å². The van der Waals surface area contributed by atoms with E-state index in [2.05, 4.69) is 9.97 Å². The Morgan fingerprint density at radius 2 is 2.36 bits per heavy atom. The Morgan fingerprint density at radius 1 is 1.64 bits per heavy atom. The summed E-state index contributed by atoms with van der Waals surface area (Å²) in [7, 11) is 0. The normalized spacial score (nSPS) is 10.1. The highest BCUT2D eigenvalue weighted by molar-refractivity contribution is 7.97. The van der Waals surface area contributed by atoms with Crippen LogP contribution in [0, 0.1) is 6.92 Å². The first-order valence-electron chi connectivity index (χ1n) is 3.21. The first-order valence-corrected chi connectivity index (χ1v) is 4.98. The van der Waals surface area contributed by atoms with Crippen LogP contribution < -0.4 is 0 Å². The predicted octanol–water partition coefficient (Wildman–Crippen LogP) is 2.30. The van der Waals surface area contributed by atoms with E-state index in [0.717, 1.165) is 17.3 Å². The van der Waals surface area contributed by atoms with E-state index in [-0.39, 0.29) is 0 Å². The standard InChI is InChI=1S/C7H9ClN2S/c1-5-6(8)3-9-7(10-5)4-11-2/h3H,4H2,1-2H3. The fourth-order valence-electron chi connectivity index (χ4n) is 0.699. The molecule has 1 aromatic heterocycles. The lowest BCUT2D eigenvalue weighted by Gasteiger charge is -1.99. The summed E-state index contributed by atoms with van der Waals surface area (Å²) < 4.78 is 0. The van der Waals surface area contributed by atoms with E-state index in [1.807, 2.05) is 13.2 Å². The molecule has 0 fully saturated rings. The maximum Gasteiger partial charge on any atom is 0.138 e. The third-order valence-corrected chi connectivity index (χ3v) is 2.16. The molecule has 0 saturated heterocycles. The van der Waals surface area contributed by atoms with Crippen molar-refractivity contribution in [2.45, 2.75) is 12.7 Å². The number of aryl methyl sites for hydroxylation is 1. The van der Waals surface area contributed by atoms with Crippen LogP contribution in [0.1, 0.15) is 11.5 Å². The fourth-order valence-corrected chi connectivity index (χ4v) is 1.19. The van der Waals surface area contributed by atoms with Crippen molar-refractivity contribution in [3.05, 3.63) is 22.7 Å². The third kappa shape index (κ3) is 2.34. The molecule has 0 unspecified atom stereocenters. The van der Waals surface area contributed by atoms with Gasteiger partial charge in [0.1, 0.15) is 5.82 Å². The molecule has 1 rings (SSSR count). The second-order valence-electron chi connectivity index (χ2n) is 2.15. The van der Waals surface area contributed by atoms with Gasteiger partial charge in [-0.2, -0.15) is 11.8 Å². The van der Waals surface area contributed by atoms with Crippen LogP contribution in [0.25, 0.3) is 0 Å². The largest absolute Gasteiger partial charge is 0.239 e. The molecular weight excluding hydrogens is 180 g/mol. The maximum absolute atomic E-state index is 5.75. The molecule has 0 aromatic carbocycles. The van der Waals surface area contributed by atoms with Crippen LogP contribution in [0.5, 0.6) is 0 Å². The Morgan fingerprint density at radius 3 is 2.91 bits per heavy atom. The lowest BCUT2D eigenvalue weighted by atomic mass is 10.4. The van der Waals surface area contributed by atoms with Crippen LogP contribution in [0.2, 0.25) is 5.02 Å². The maximum atomic E-state index is 5.75. The Balaban J connectivity index is 2.86. The van der Waals surface area contributed by atoms with Gasteiger partial charge in [-0.3, -0.25) is 0 Å².